The van der Waals surface area contributed by atoms with Crippen LogP contribution in [0.15, 0.2) is 30.0 Å². The Morgan fingerprint density at radius 1 is 1.47 bits per heavy atom. The number of aliphatic imine (C=N–C) groups is 1. The number of fused-ring (bicyclic) bond motifs is 1. The highest BCUT2D eigenvalue weighted by Gasteiger charge is 2.71. The topological polar surface area (TPSA) is 41.6 Å². The SMILES string of the molecule is C=C/C(=N\C(=C)N)N1CC2C(C1)C2(F)F. The molecule has 1 aliphatic carbocycles. The normalized spacial score (nSPS) is 32.4. The van der Waals surface area contributed by atoms with Crippen molar-refractivity contribution in [3.05, 3.63) is 25.1 Å². The average molecular weight is 213 g/mol. The Labute approximate surface area is 87.0 Å². The van der Waals surface area contributed by atoms with Crippen molar-refractivity contribution in [2.45, 2.75) is 5.92 Å². The van der Waals surface area contributed by atoms with Gasteiger partial charge in [0, 0.05) is 13.1 Å². The van der Waals surface area contributed by atoms with Gasteiger partial charge in [-0.05, 0) is 6.08 Å². The van der Waals surface area contributed by atoms with Crippen LogP contribution in [0.5, 0.6) is 0 Å². The molecular formula is C10H13F2N3. The second-order valence-electron chi connectivity index (χ2n) is 3.96. The lowest BCUT2D eigenvalue weighted by atomic mass is 10.4. The molecule has 2 aliphatic rings. The Balaban J connectivity index is 2.04. The summed E-state index contributed by atoms with van der Waals surface area (Å²) < 4.78 is 25.8. The second-order valence-corrected chi connectivity index (χ2v) is 3.96. The van der Waals surface area contributed by atoms with E-state index in [1.807, 2.05) is 0 Å². The molecule has 0 aromatic carbocycles. The zero-order valence-corrected chi connectivity index (χ0v) is 8.29. The fraction of sp³-hybridized carbons (Fsp3) is 0.500. The molecule has 1 saturated carbocycles. The summed E-state index contributed by atoms with van der Waals surface area (Å²) in [7, 11) is 0. The molecular weight excluding hydrogens is 200 g/mol. The van der Waals surface area contributed by atoms with Gasteiger partial charge in [0.05, 0.1) is 11.8 Å². The number of piperidine rings is 1. The van der Waals surface area contributed by atoms with Gasteiger partial charge in [0.25, 0.3) is 5.92 Å². The largest absolute Gasteiger partial charge is 0.384 e. The summed E-state index contributed by atoms with van der Waals surface area (Å²) in [5.74, 6) is -2.81. The number of nitrogens with two attached hydrogens (primary N) is 1. The minimum atomic E-state index is -2.47. The molecule has 0 aromatic rings. The van der Waals surface area contributed by atoms with Gasteiger partial charge in [-0.15, -0.1) is 0 Å². The molecule has 5 heteroatoms. The van der Waals surface area contributed by atoms with Gasteiger partial charge in [-0.2, -0.15) is 0 Å². The molecule has 2 N–H and O–H groups in total. The molecule has 0 radical (unpaired) electrons. The van der Waals surface area contributed by atoms with Crippen molar-refractivity contribution in [3.8, 4) is 0 Å². The molecule has 0 aromatic heterocycles. The Hall–Kier alpha value is -1.39. The van der Waals surface area contributed by atoms with E-state index >= 15 is 0 Å². The van der Waals surface area contributed by atoms with E-state index in [1.54, 1.807) is 4.90 Å². The number of hydrogen-bond donors (Lipinski definition) is 1. The molecule has 2 unspecified atom stereocenters. The van der Waals surface area contributed by atoms with Crippen LogP contribution in [0.25, 0.3) is 0 Å². The highest BCUT2D eigenvalue weighted by molar-refractivity contribution is 5.93. The van der Waals surface area contributed by atoms with Crippen molar-refractivity contribution < 1.29 is 8.78 Å². The lowest BCUT2D eigenvalue weighted by Gasteiger charge is -2.21. The molecule has 0 amide bonds. The zero-order chi connectivity index (χ0) is 11.2. The molecule has 1 heterocycles. The Bertz CT molecular complexity index is 335. The number of likely N-dealkylation sites (tertiary alicyclic amines) is 1. The maximum Gasteiger partial charge on any atom is 0.258 e. The molecule has 2 atom stereocenters. The molecule has 82 valence electrons. The third-order valence-corrected chi connectivity index (χ3v) is 2.96. The summed E-state index contributed by atoms with van der Waals surface area (Å²) in [6.07, 6.45) is 1.51. The third-order valence-electron chi connectivity index (χ3n) is 2.96. The number of nitrogens with zero attached hydrogens (tertiary/aromatic N) is 2. The third kappa shape index (κ3) is 1.52. The predicted octanol–water partition coefficient (Wildman–Crippen LogP) is 1.20. The van der Waals surface area contributed by atoms with Gasteiger partial charge in [-0.3, -0.25) is 0 Å². The van der Waals surface area contributed by atoms with Gasteiger partial charge >= 0.3 is 0 Å². The van der Waals surface area contributed by atoms with Crippen molar-refractivity contribution in [2.75, 3.05) is 13.1 Å². The average Bonchev–Trinajstić information content (AvgIpc) is 2.56. The van der Waals surface area contributed by atoms with Crippen LogP contribution in [0.3, 0.4) is 0 Å². The number of halogens is 2. The van der Waals surface area contributed by atoms with Crippen LogP contribution in [0, 0.1) is 11.8 Å². The van der Waals surface area contributed by atoms with Crippen LogP contribution < -0.4 is 5.73 Å². The second kappa shape index (κ2) is 3.05. The van der Waals surface area contributed by atoms with E-state index in [1.165, 1.54) is 6.08 Å². The number of alkyl halides is 2. The van der Waals surface area contributed by atoms with Gasteiger partial charge in [0.2, 0.25) is 0 Å². The van der Waals surface area contributed by atoms with Gasteiger partial charge in [0.15, 0.2) is 0 Å². The molecule has 0 spiro atoms. The highest BCUT2D eigenvalue weighted by atomic mass is 19.3. The smallest absolute Gasteiger partial charge is 0.258 e. The number of hydrogen-bond acceptors (Lipinski definition) is 2. The van der Waals surface area contributed by atoms with Crippen molar-refractivity contribution >= 4 is 5.84 Å². The maximum atomic E-state index is 12.9. The van der Waals surface area contributed by atoms with Crippen LogP contribution in [0.4, 0.5) is 8.78 Å². The zero-order valence-electron chi connectivity index (χ0n) is 8.29. The predicted molar refractivity (Wildman–Crippen MR) is 54.5 cm³/mol. The monoisotopic (exact) mass is 213 g/mol. The van der Waals surface area contributed by atoms with Crippen molar-refractivity contribution in [3.63, 3.8) is 0 Å². The quantitative estimate of drug-likeness (QED) is 0.553. The Morgan fingerprint density at radius 2 is 2.00 bits per heavy atom. The van der Waals surface area contributed by atoms with Gasteiger partial charge in [-0.25, -0.2) is 13.8 Å². The minimum absolute atomic E-state index is 0.164. The molecule has 3 nitrogen and oxygen atoms in total. The van der Waals surface area contributed by atoms with Gasteiger partial charge < -0.3 is 10.6 Å². The standard InChI is InChI=1S/C10H13F2N3/c1-3-9(14-6(2)13)15-4-7-8(5-15)10(7,11)12/h3,7-8H,1-2,4-5,13H2/b14-9+. The van der Waals surface area contributed by atoms with E-state index < -0.39 is 17.8 Å². The molecule has 2 rings (SSSR count). The Kier molecular flexibility index (Phi) is 2.06. The van der Waals surface area contributed by atoms with E-state index in [9.17, 15) is 8.78 Å². The number of rotatable bonds is 2. The van der Waals surface area contributed by atoms with Crippen LogP contribution in [-0.4, -0.2) is 29.7 Å². The first-order valence-corrected chi connectivity index (χ1v) is 4.75. The van der Waals surface area contributed by atoms with Crippen LogP contribution >= 0.6 is 0 Å². The fourth-order valence-electron chi connectivity index (χ4n) is 2.09. The summed E-state index contributed by atoms with van der Waals surface area (Å²) in [6.45, 7) is 7.68. The van der Waals surface area contributed by atoms with Gasteiger partial charge in [-0.1, -0.05) is 13.2 Å². The van der Waals surface area contributed by atoms with Crippen LogP contribution in [-0.2, 0) is 0 Å². The lowest BCUT2D eigenvalue weighted by molar-refractivity contribution is 0.0646. The van der Waals surface area contributed by atoms with Crippen molar-refractivity contribution in [2.24, 2.45) is 22.6 Å². The first-order valence-electron chi connectivity index (χ1n) is 4.75. The summed E-state index contributed by atoms with van der Waals surface area (Å²) in [5.41, 5.74) is 5.33. The van der Waals surface area contributed by atoms with E-state index in [2.05, 4.69) is 18.2 Å². The van der Waals surface area contributed by atoms with Crippen molar-refractivity contribution in [1.29, 1.82) is 0 Å². The molecule has 1 saturated heterocycles. The van der Waals surface area contributed by atoms with Crippen molar-refractivity contribution in [1.82, 2.24) is 4.90 Å². The molecule has 0 bridgehead atoms. The van der Waals surface area contributed by atoms with E-state index in [4.69, 9.17) is 5.73 Å². The summed E-state index contributed by atoms with van der Waals surface area (Å²) >= 11 is 0. The van der Waals surface area contributed by atoms with E-state index in [-0.39, 0.29) is 5.82 Å². The summed E-state index contributed by atoms with van der Waals surface area (Å²) in [4.78, 5) is 5.72. The summed E-state index contributed by atoms with van der Waals surface area (Å²) in [5, 5.41) is 0. The lowest BCUT2D eigenvalue weighted by Crippen LogP contribution is -2.32. The number of amidine groups is 1. The first kappa shape index (κ1) is 10.1. The van der Waals surface area contributed by atoms with E-state index in [0.717, 1.165) is 0 Å². The van der Waals surface area contributed by atoms with Crippen LogP contribution in [0.1, 0.15) is 0 Å². The minimum Gasteiger partial charge on any atom is -0.384 e. The fourth-order valence-corrected chi connectivity index (χ4v) is 2.09. The summed E-state index contributed by atoms with van der Waals surface area (Å²) in [6, 6.07) is 0. The maximum absolute atomic E-state index is 12.9. The molecule has 15 heavy (non-hydrogen) atoms. The van der Waals surface area contributed by atoms with E-state index in [0.29, 0.717) is 18.9 Å². The van der Waals surface area contributed by atoms with Crippen LogP contribution in [0.2, 0.25) is 0 Å². The molecule has 1 aliphatic heterocycles. The Morgan fingerprint density at radius 3 is 2.40 bits per heavy atom. The highest BCUT2D eigenvalue weighted by Crippen LogP contribution is 2.59. The molecule has 2 fully saturated rings. The van der Waals surface area contributed by atoms with Gasteiger partial charge in [0.1, 0.15) is 11.7 Å². The first-order chi connectivity index (χ1) is 6.96.